The zero-order valence-corrected chi connectivity index (χ0v) is 11.5. The topological polar surface area (TPSA) is 52.2 Å². The Bertz CT molecular complexity index is 651. The summed E-state index contributed by atoms with van der Waals surface area (Å²) in [6, 6.07) is 11.2. The van der Waals surface area contributed by atoms with E-state index in [0.717, 1.165) is 17.7 Å². The Morgan fingerprint density at radius 1 is 1.05 bits per heavy atom. The van der Waals surface area contributed by atoms with Crippen LogP contribution in [-0.2, 0) is 12.6 Å². The molecule has 0 aliphatic heterocycles. The van der Waals surface area contributed by atoms with Gasteiger partial charge in [0.25, 0.3) is 0 Å². The van der Waals surface area contributed by atoms with Crippen molar-refractivity contribution in [2.45, 2.75) is 12.6 Å². The molecule has 6 heteroatoms. The van der Waals surface area contributed by atoms with E-state index < -0.39 is 17.7 Å². The van der Waals surface area contributed by atoms with E-state index in [1.807, 2.05) is 0 Å². The maximum atomic E-state index is 12.4. The molecule has 0 bridgehead atoms. The average Bonchev–Trinajstić information content (AvgIpc) is 2.47. The lowest BCUT2D eigenvalue weighted by molar-refractivity contribution is -0.254. The van der Waals surface area contributed by atoms with Crippen molar-refractivity contribution in [2.24, 2.45) is 0 Å². The van der Waals surface area contributed by atoms with Crippen LogP contribution < -0.4 is 10.4 Å². The molecule has 0 radical (unpaired) electrons. The van der Waals surface area contributed by atoms with Crippen LogP contribution in [-0.4, -0.2) is 12.5 Å². The molecule has 2 aromatic rings. The third-order valence-electron chi connectivity index (χ3n) is 3.16. The van der Waals surface area contributed by atoms with Gasteiger partial charge in [0.05, 0.1) is 11.5 Å². The normalized spacial score (nSPS) is 11.2. The summed E-state index contributed by atoms with van der Waals surface area (Å²) >= 11 is 0. The van der Waals surface area contributed by atoms with Crippen molar-refractivity contribution in [3.8, 4) is 0 Å². The van der Waals surface area contributed by atoms with Gasteiger partial charge < -0.3 is 15.2 Å². The predicted molar refractivity (Wildman–Crippen MR) is 74.4 cm³/mol. The third kappa shape index (κ3) is 4.00. The number of para-hydroxylation sites is 1. The van der Waals surface area contributed by atoms with Gasteiger partial charge in [-0.05, 0) is 30.2 Å². The number of benzene rings is 2. The predicted octanol–water partition coefficient (Wildman–Crippen LogP) is 2.72. The van der Waals surface area contributed by atoms with Gasteiger partial charge in [-0.1, -0.05) is 30.3 Å². The highest BCUT2D eigenvalue weighted by atomic mass is 19.4. The number of alkyl halides is 3. The van der Waals surface area contributed by atoms with Gasteiger partial charge in [0.15, 0.2) is 0 Å². The summed E-state index contributed by atoms with van der Waals surface area (Å²) in [5, 5.41) is 13.9. The Hall–Kier alpha value is -2.50. The molecular formula is C16H13F3NO2-. The fraction of sp³-hybridized carbons (Fsp3) is 0.188. The lowest BCUT2D eigenvalue weighted by Crippen LogP contribution is -2.24. The first-order valence-corrected chi connectivity index (χ1v) is 6.58. The molecule has 0 saturated carbocycles. The van der Waals surface area contributed by atoms with E-state index in [4.69, 9.17) is 0 Å². The molecule has 0 aliphatic carbocycles. The first-order valence-electron chi connectivity index (χ1n) is 6.58. The number of carbonyl (C=O) groups excluding carboxylic acids is 1. The summed E-state index contributed by atoms with van der Waals surface area (Å²) in [6.07, 6.45) is -3.87. The number of rotatable bonds is 5. The summed E-state index contributed by atoms with van der Waals surface area (Å²) in [5.74, 6) is -1.28. The maximum absolute atomic E-state index is 12.4. The van der Waals surface area contributed by atoms with Crippen molar-refractivity contribution in [1.29, 1.82) is 0 Å². The molecule has 2 rings (SSSR count). The Kier molecular flexibility index (Phi) is 4.70. The molecule has 0 saturated heterocycles. The fourth-order valence-electron chi connectivity index (χ4n) is 2.02. The van der Waals surface area contributed by atoms with Crippen LogP contribution in [0.4, 0.5) is 18.9 Å². The molecule has 22 heavy (non-hydrogen) atoms. The van der Waals surface area contributed by atoms with Gasteiger partial charge in [0, 0.05) is 17.8 Å². The second-order valence-electron chi connectivity index (χ2n) is 4.70. The molecule has 0 aromatic heterocycles. The van der Waals surface area contributed by atoms with Crippen LogP contribution in [0.2, 0.25) is 0 Å². The Morgan fingerprint density at radius 3 is 2.27 bits per heavy atom. The standard InChI is InChI=1S/C16H14F3NO2/c17-16(18,19)12-7-5-11(6-8-12)9-10-20-14-4-2-1-3-13(14)15(21)22/h1-8,20H,9-10H2,(H,21,22)/p-1. The Labute approximate surface area is 125 Å². The molecule has 116 valence electrons. The summed E-state index contributed by atoms with van der Waals surface area (Å²) in [4.78, 5) is 10.9. The van der Waals surface area contributed by atoms with E-state index in [0.29, 0.717) is 18.7 Å². The van der Waals surface area contributed by atoms with Crippen molar-refractivity contribution in [1.82, 2.24) is 0 Å². The molecule has 3 nitrogen and oxygen atoms in total. The van der Waals surface area contributed by atoms with Gasteiger partial charge in [0.2, 0.25) is 0 Å². The highest BCUT2D eigenvalue weighted by Gasteiger charge is 2.29. The van der Waals surface area contributed by atoms with Crippen molar-refractivity contribution >= 4 is 11.7 Å². The van der Waals surface area contributed by atoms with Crippen molar-refractivity contribution in [2.75, 3.05) is 11.9 Å². The lowest BCUT2D eigenvalue weighted by Gasteiger charge is -2.13. The fourth-order valence-corrected chi connectivity index (χ4v) is 2.02. The third-order valence-corrected chi connectivity index (χ3v) is 3.16. The van der Waals surface area contributed by atoms with Crippen LogP contribution in [0, 0.1) is 0 Å². The molecule has 0 amide bonds. The van der Waals surface area contributed by atoms with E-state index in [2.05, 4.69) is 5.32 Å². The van der Waals surface area contributed by atoms with Crippen LogP contribution in [0.5, 0.6) is 0 Å². The number of carboxylic acid groups (broad SMARTS) is 1. The minimum Gasteiger partial charge on any atom is -0.545 e. The zero-order chi connectivity index (χ0) is 16.2. The number of aromatic carboxylic acids is 1. The number of carboxylic acids is 1. The minimum absolute atomic E-state index is 0.0509. The molecule has 0 aliphatic rings. The van der Waals surface area contributed by atoms with E-state index in [-0.39, 0.29) is 5.56 Å². The molecular weight excluding hydrogens is 295 g/mol. The minimum atomic E-state index is -4.34. The number of hydrogen-bond acceptors (Lipinski definition) is 3. The zero-order valence-electron chi connectivity index (χ0n) is 11.5. The van der Waals surface area contributed by atoms with E-state index in [9.17, 15) is 23.1 Å². The molecule has 0 fully saturated rings. The number of halogens is 3. The van der Waals surface area contributed by atoms with Gasteiger partial charge in [-0.25, -0.2) is 0 Å². The summed E-state index contributed by atoms with van der Waals surface area (Å²) < 4.78 is 37.3. The molecule has 1 N–H and O–H groups in total. The first kappa shape index (κ1) is 15.9. The second kappa shape index (κ2) is 6.51. The van der Waals surface area contributed by atoms with Gasteiger partial charge >= 0.3 is 6.18 Å². The Morgan fingerprint density at radius 2 is 1.68 bits per heavy atom. The molecule has 0 spiro atoms. The van der Waals surface area contributed by atoms with Crippen molar-refractivity contribution in [3.63, 3.8) is 0 Å². The summed E-state index contributed by atoms with van der Waals surface area (Å²) in [5.41, 5.74) is 0.516. The number of nitrogens with one attached hydrogen (secondary N) is 1. The summed E-state index contributed by atoms with van der Waals surface area (Å²) in [7, 11) is 0. The number of carbonyl (C=O) groups is 1. The largest absolute Gasteiger partial charge is 0.545 e. The van der Waals surface area contributed by atoms with Crippen LogP contribution in [0.3, 0.4) is 0 Å². The average molecular weight is 308 g/mol. The van der Waals surface area contributed by atoms with Crippen molar-refractivity contribution < 1.29 is 23.1 Å². The highest BCUT2D eigenvalue weighted by Crippen LogP contribution is 2.29. The van der Waals surface area contributed by atoms with Crippen molar-refractivity contribution in [3.05, 3.63) is 65.2 Å². The van der Waals surface area contributed by atoms with Gasteiger partial charge in [0.1, 0.15) is 0 Å². The Balaban J connectivity index is 1.96. The SMILES string of the molecule is O=C([O-])c1ccccc1NCCc1ccc(C(F)(F)F)cc1. The highest BCUT2D eigenvalue weighted by molar-refractivity contribution is 5.92. The molecule has 0 atom stereocenters. The van der Waals surface area contributed by atoms with Gasteiger partial charge in [-0.15, -0.1) is 0 Å². The van der Waals surface area contributed by atoms with E-state index >= 15 is 0 Å². The summed E-state index contributed by atoms with van der Waals surface area (Å²) in [6.45, 7) is 0.398. The van der Waals surface area contributed by atoms with Crippen LogP contribution in [0.25, 0.3) is 0 Å². The lowest BCUT2D eigenvalue weighted by atomic mass is 10.1. The smallest absolute Gasteiger partial charge is 0.416 e. The van der Waals surface area contributed by atoms with Crippen LogP contribution in [0.15, 0.2) is 48.5 Å². The van der Waals surface area contributed by atoms with E-state index in [1.165, 1.54) is 18.2 Å². The number of hydrogen-bond donors (Lipinski definition) is 1. The molecule has 0 heterocycles. The van der Waals surface area contributed by atoms with E-state index in [1.54, 1.807) is 18.2 Å². The number of anilines is 1. The molecule has 2 aromatic carbocycles. The van der Waals surface area contributed by atoms with Crippen LogP contribution in [0.1, 0.15) is 21.5 Å². The van der Waals surface area contributed by atoms with Gasteiger partial charge in [-0.3, -0.25) is 0 Å². The second-order valence-corrected chi connectivity index (χ2v) is 4.70. The quantitative estimate of drug-likeness (QED) is 0.924. The monoisotopic (exact) mass is 308 g/mol. The molecule has 0 unspecified atom stereocenters. The van der Waals surface area contributed by atoms with Crippen LogP contribution >= 0.6 is 0 Å². The van der Waals surface area contributed by atoms with Gasteiger partial charge in [-0.2, -0.15) is 13.2 Å². The first-order chi connectivity index (χ1) is 10.4. The maximum Gasteiger partial charge on any atom is 0.416 e.